The van der Waals surface area contributed by atoms with E-state index < -0.39 is 0 Å². The molecule has 0 saturated carbocycles. The normalized spacial score (nSPS) is 12.1. The zero-order valence-electron chi connectivity index (χ0n) is 24.9. The Kier molecular flexibility index (Phi) is 16.3. The van der Waals surface area contributed by atoms with Crippen molar-refractivity contribution in [1.29, 1.82) is 0 Å². The summed E-state index contributed by atoms with van der Waals surface area (Å²) in [5.74, 6) is 0.301. The zero-order chi connectivity index (χ0) is 29.9. The fourth-order valence-corrected chi connectivity index (χ4v) is 4.36. The van der Waals surface area contributed by atoms with Gasteiger partial charge in [0.15, 0.2) is 0 Å². The molecule has 0 aliphatic rings. The van der Waals surface area contributed by atoms with Gasteiger partial charge in [-0.1, -0.05) is 74.0 Å². The van der Waals surface area contributed by atoms with Crippen molar-refractivity contribution in [2.75, 3.05) is 27.3 Å². The number of allylic oxidation sites excluding steroid dienone is 4. The zero-order valence-corrected chi connectivity index (χ0v) is 25.6. The Morgan fingerprint density at radius 2 is 1.56 bits per heavy atom. The largest absolute Gasteiger partial charge is 0.489 e. The highest BCUT2D eigenvalue weighted by Crippen LogP contribution is 2.22. The van der Waals surface area contributed by atoms with Crippen molar-refractivity contribution < 1.29 is 23.8 Å². The number of hydrogen-bond acceptors (Lipinski definition) is 6. The fourth-order valence-electron chi connectivity index (χ4n) is 4.17. The standard InChI is InChI=1S/C34H44ClNO5/c1-5-7-13-28(32(16-8-6-2)41-26-30-14-9-10-15-31(30)35)22-24-36(23-12-11-17-33(37)39-3)25-27-18-20-29(21-19-27)34(38)40-4/h7-10,13-16,18-21H,5-6,11-12,17,22-26H2,1-4H3/b13-7-,16-8-,32-28-. The van der Waals surface area contributed by atoms with Gasteiger partial charge < -0.3 is 14.2 Å². The smallest absolute Gasteiger partial charge is 0.337 e. The number of nitrogens with zero attached hydrogens (tertiary/aromatic N) is 1. The van der Waals surface area contributed by atoms with Crippen LogP contribution in [0.5, 0.6) is 0 Å². The second-order valence-electron chi connectivity index (χ2n) is 9.64. The first kappa shape index (κ1) is 33.9. The summed E-state index contributed by atoms with van der Waals surface area (Å²) >= 11 is 6.39. The molecule has 0 N–H and O–H groups in total. The Balaban J connectivity index is 2.25. The Labute approximate surface area is 250 Å². The highest BCUT2D eigenvalue weighted by molar-refractivity contribution is 6.31. The maximum atomic E-state index is 11.9. The maximum Gasteiger partial charge on any atom is 0.337 e. The number of esters is 2. The van der Waals surface area contributed by atoms with Gasteiger partial charge in [-0.2, -0.15) is 0 Å². The average molecular weight is 582 g/mol. The lowest BCUT2D eigenvalue weighted by Crippen LogP contribution is -2.26. The van der Waals surface area contributed by atoms with Crippen molar-refractivity contribution in [3.05, 3.63) is 106 Å². The first-order chi connectivity index (χ1) is 19.9. The van der Waals surface area contributed by atoms with Crippen LogP contribution in [-0.2, 0) is 32.2 Å². The number of benzene rings is 2. The summed E-state index contributed by atoms with van der Waals surface area (Å²) in [5, 5.41) is 0.688. The quantitative estimate of drug-likeness (QED) is 0.0767. The van der Waals surface area contributed by atoms with Crippen LogP contribution in [0.2, 0.25) is 5.02 Å². The SMILES string of the molecule is CC\C=C/C(CCN(CCCCC(=O)OC)Cc1ccc(C(=O)OC)cc1)=C(\C=C/CC)OCc1ccccc1Cl. The minimum absolute atomic E-state index is 0.187. The van der Waals surface area contributed by atoms with E-state index in [9.17, 15) is 9.59 Å². The van der Waals surface area contributed by atoms with Crippen LogP contribution in [0.25, 0.3) is 0 Å². The van der Waals surface area contributed by atoms with Gasteiger partial charge in [0, 0.05) is 30.1 Å². The molecule has 0 amide bonds. The molecule has 0 spiro atoms. The Hall–Kier alpha value is -3.35. The Bertz CT molecular complexity index is 1170. The number of carbonyl (C=O) groups is 2. The van der Waals surface area contributed by atoms with Gasteiger partial charge in [0.05, 0.1) is 19.8 Å². The van der Waals surface area contributed by atoms with E-state index in [1.54, 1.807) is 12.1 Å². The van der Waals surface area contributed by atoms with Gasteiger partial charge in [-0.15, -0.1) is 0 Å². The van der Waals surface area contributed by atoms with Crippen molar-refractivity contribution in [3.63, 3.8) is 0 Å². The van der Waals surface area contributed by atoms with Gasteiger partial charge in [0.1, 0.15) is 12.4 Å². The first-order valence-corrected chi connectivity index (χ1v) is 14.7. The fraction of sp³-hybridized carbons (Fsp3) is 0.412. The lowest BCUT2D eigenvalue weighted by atomic mass is 10.1. The first-order valence-electron chi connectivity index (χ1n) is 14.3. The number of hydrogen-bond donors (Lipinski definition) is 0. The summed E-state index contributed by atoms with van der Waals surface area (Å²) in [7, 11) is 2.80. The van der Waals surface area contributed by atoms with Crippen molar-refractivity contribution in [2.45, 2.75) is 65.5 Å². The number of unbranched alkanes of at least 4 members (excludes halogenated alkanes) is 1. The molecule has 0 unspecified atom stereocenters. The molecule has 222 valence electrons. The van der Waals surface area contributed by atoms with Crippen LogP contribution in [-0.4, -0.2) is 44.1 Å². The van der Waals surface area contributed by atoms with Crippen LogP contribution in [0.1, 0.15) is 73.9 Å². The monoisotopic (exact) mass is 581 g/mol. The van der Waals surface area contributed by atoms with Gasteiger partial charge in [-0.3, -0.25) is 9.69 Å². The molecule has 0 aliphatic heterocycles. The van der Waals surface area contributed by atoms with E-state index >= 15 is 0 Å². The van der Waals surface area contributed by atoms with Crippen molar-refractivity contribution >= 4 is 23.5 Å². The van der Waals surface area contributed by atoms with E-state index in [1.165, 1.54) is 14.2 Å². The van der Waals surface area contributed by atoms with Crippen LogP contribution in [0.3, 0.4) is 0 Å². The van der Waals surface area contributed by atoms with E-state index in [4.69, 9.17) is 25.8 Å². The number of methoxy groups -OCH3 is 2. The van der Waals surface area contributed by atoms with Crippen molar-refractivity contribution in [3.8, 4) is 0 Å². The van der Waals surface area contributed by atoms with Crippen LogP contribution >= 0.6 is 11.6 Å². The molecule has 0 saturated heterocycles. The highest BCUT2D eigenvalue weighted by Gasteiger charge is 2.12. The van der Waals surface area contributed by atoms with Crippen LogP contribution in [0.15, 0.2) is 84.2 Å². The van der Waals surface area contributed by atoms with E-state index in [1.807, 2.05) is 36.4 Å². The number of rotatable bonds is 18. The second kappa shape index (κ2) is 19.7. The van der Waals surface area contributed by atoms with Crippen LogP contribution in [0.4, 0.5) is 0 Å². The molecule has 2 aromatic rings. The number of halogens is 1. The number of ether oxygens (including phenoxy) is 3. The lowest BCUT2D eigenvalue weighted by molar-refractivity contribution is -0.140. The molecular weight excluding hydrogens is 538 g/mol. The molecule has 2 aromatic carbocycles. The molecule has 0 heterocycles. The molecule has 6 nitrogen and oxygen atoms in total. The number of carbonyl (C=O) groups excluding carboxylic acids is 2. The summed E-state index contributed by atoms with van der Waals surface area (Å²) in [4.78, 5) is 25.8. The summed E-state index contributed by atoms with van der Waals surface area (Å²) in [5.41, 5.74) is 3.68. The lowest BCUT2D eigenvalue weighted by Gasteiger charge is -2.23. The van der Waals surface area contributed by atoms with Crippen LogP contribution < -0.4 is 0 Å². The summed E-state index contributed by atoms with van der Waals surface area (Å²) < 4.78 is 16.0. The predicted octanol–water partition coefficient (Wildman–Crippen LogP) is 8.07. The molecule has 0 fully saturated rings. The molecule has 2 rings (SSSR count). The molecule has 0 aliphatic carbocycles. The highest BCUT2D eigenvalue weighted by atomic mass is 35.5. The molecule has 0 atom stereocenters. The van der Waals surface area contributed by atoms with Gasteiger partial charge in [-0.05, 0) is 74.1 Å². The minimum atomic E-state index is -0.349. The molecule has 7 heteroatoms. The molecule has 0 aromatic heterocycles. The van der Waals surface area contributed by atoms with Crippen molar-refractivity contribution in [1.82, 2.24) is 4.90 Å². The van der Waals surface area contributed by atoms with E-state index in [-0.39, 0.29) is 11.9 Å². The molecule has 41 heavy (non-hydrogen) atoms. The van der Waals surface area contributed by atoms with Crippen molar-refractivity contribution in [2.24, 2.45) is 0 Å². The summed E-state index contributed by atoms with van der Waals surface area (Å²) in [6, 6.07) is 15.2. The maximum absolute atomic E-state index is 11.9. The third-order valence-corrected chi connectivity index (χ3v) is 6.90. The molecular formula is C34H44ClNO5. The van der Waals surface area contributed by atoms with Gasteiger partial charge >= 0.3 is 11.9 Å². The Morgan fingerprint density at radius 3 is 2.22 bits per heavy atom. The van der Waals surface area contributed by atoms with Gasteiger partial charge in [-0.25, -0.2) is 4.79 Å². The molecule has 0 bridgehead atoms. The predicted molar refractivity (Wildman–Crippen MR) is 166 cm³/mol. The average Bonchev–Trinajstić information content (AvgIpc) is 3.00. The van der Waals surface area contributed by atoms with Gasteiger partial charge in [0.2, 0.25) is 0 Å². The summed E-state index contributed by atoms with van der Waals surface area (Å²) in [6.07, 6.45) is 13.1. The topological polar surface area (TPSA) is 65.1 Å². The van der Waals surface area contributed by atoms with Gasteiger partial charge in [0.25, 0.3) is 0 Å². The third kappa shape index (κ3) is 12.8. The van der Waals surface area contributed by atoms with E-state index in [0.717, 1.165) is 67.7 Å². The second-order valence-corrected chi connectivity index (χ2v) is 10.0. The third-order valence-electron chi connectivity index (χ3n) is 6.53. The van der Waals surface area contributed by atoms with E-state index in [2.05, 4.69) is 43.1 Å². The molecule has 0 radical (unpaired) electrons. The van der Waals surface area contributed by atoms with E-state index in [0.29, 0.717) is 30.2 Å². The summed E-state index contributed by atoms with van der Waals surface area (Å²) in [6.45, 7) is 6.93. The minimum Gasteiger partial charge on any atom is -0.489 e. The Morgan fingerprint density at radius 1 is 0.854 bits per heavy atom. The van der Waals surface area contributed by atoms with Crippen LogP contribution in [0, 0.1) is 0 Å².